The molecule has 3 amide bonds. The summed E-state index contributed by atoms with van der Waals surface area (Å²) < 4.78 is 79.9. The Morgan fingerprint density at radius 1 is 1.11 bits per heavy atom. The number of alkyl halides is 6. The largest absolute Gasteiger partial charge is 0.416 e. The Balaban J connectivity index is 1.65. The quantitative estimate of drug-likeness (QED) is 0.514. The third kappa shape index (κ3) is 4.82. The molecule has 0 radical (unpaired) electrons. The molecule has 13 heteroatoms. The lowest BCUT2D eigenvalue weighted by atomic mass is 9.98. The van der Waals surface area contributed by atoms with E-state index in [1.165, 1.54) is 30.2 Å². The Kier molecular flexibility index (Phi) is 6.49. The molecule has 0 spiro atoms. The van der Waals surface area contributed by atoms with Crippen molar-refractivity contribution in [1.29, 1.82) is 0 Å². The van der Waals surface area contributed by atoms with Gasteiger partial charge in [0.1, 0.15) is 0 Å². The number of hydrogen-bond acceptors (Lipinski definition) is 4. The van der Waals surface area contributed by atoms with Crippen LogP contribution in [0, 0.1) is 0 Å². The van der Waals surface area contributed by atoms with Gasteiger partial charge in [-0.05, 0) is 37.1 Å². The van der Waals surface area contributed by atoms with Crippen LogP contribution in [0.5, 0.6) is 0 Å². The molecule has 2 aliphatic heterocycles. The minimum absolute atomic E-state index is 0.0121. The third-order valence-corrected chi connectivity index (χ3v) is 7.47. The first-order chi connectivity index (χ1) is 16.3. The number of piperazine rings is 1. The predicted molar refractivity (Wildman–Crippen MR) is 114 cm³/mol. The van der Waals surface area contributed by atoms with Gasteiger partial charge in [0.15, 0.2) is 0 Å². The zero-order chi connectivity index (χ0) is 25.7. The zero-order valence-electron chi connectivity index (χ0n) is 18.7. The lowest BCUT2D eigenvalue weighted by molar-refractivity contribution is -0.143. The summed E-state index contributed by atoms with van der Waals surface area (Å²) in [5, 5.41) is 0. The van der Waals surface area contributed by atoms with Gasteiger partial charge in [-0.2, -0.15) is 26.3 Å². The van der Waals surface area contributed by atoms with E-state index in [0.717, 1.165) is 9.78 Å². The zero-order valence-corrected chi connectivity index (χ0v) is 19.5. The average molecular weight is 520 g/mol. The van der Waals surface area contributed by atoms with Crippen LogP contribution < -0.4 is 0 Å². The highest BCUT2D eigenvalue weighted by molar-refractivity contribution is 7.09. The van der Waals surface area contributed by atoms with Crippen LogP contribution in [0.2, 0.25) is 0 Å². The first-order valence-electron chi connectivity index (χ1n) is 10.8. The summed E-state index contributed by atoms with van der Waals surface area (Å²) in [7, 11) is 1.34. The molecule has 0 aliphatic carbocycles. The molecule has 1 aromatic heterocycles. The number of fused-ring (bicyclic) bond motifs is 1. The average Bonchev–Trinajstić information content (AvgIpc) is 3.46. The minimum Gasteiger partial charge on any atom is -0.335 e. The van der Waals surface area contributed by atoms with Crippen molar-refractivity contribution in [3.63, 3.8) is 0 Å². The number of urea groups is 1. The van der Waals surface area contributed by atoms with Crippen molar-refractivity contribution in [3.8, 4) is 0 Å². The van der Waals surface area contributed by atoms with Gasteiger partial charge in [-0.25, -0.2) is 4.79 Å². The Bertz CT molecular complexity index is 1070. The molecule has 2 aliphatic rings. The van der Waals surface area contributed by atoms with Crippen LogP contribution in [0.25, 0.3) is 0 Å². The number of rotatable bonds is 3. The third-order valence-electron chi connectivity index (χ3n) is 6.62. The number of carbonyl (C=O) groups is 2. The molecular formula is C22H22F6N4O2S. The fourth-order valence-corrected chi connectivity index (χ4v) is 5.47. The highest BCUT2D eigenvalue weighted by Crippen LogP contribution is 2.41. The normalized spacial score (nSPS) is 21.8. The number of amides is 3. The molecule has 0 N–H and O–H groups in total. The standard InChI is InChI=1S/C22H22F6N4O2S/c1-12(13-7-14(21(23,24)25)9-15(8-13)22(26,27)28)30(2)20(34)32-6-5-31-16(3-4-18(31)33)19(32)17-10-29-11-35-17/h7-12,16,19H,3-6H2,1-2H3/t12-,16+,19-/m1/s1. The van der Waals surface area contributed by atoms with Gasteiger partial charge in [-0.15, -0.1) is 11.3 Å². The van der Waals surface area contributed by atoms with E-state index in [-0.39, 0.29) is 30.1 Å². The van der Waals surface area contributed by atoms with Gasteiger partial charge in [-0.3, -0.25) is 9.78 Å². The van der Waals surface area contributed by atoms with Crippen LogP contribution in [0.1, 0.15) is 53.4 Å². The van der Waals surface area contributed by atoms with Crippen LogP contribution in [0.4, 0.5) is 31.1 Å². The summed E-state index contributed by atoms with van der Waals surface area (Å²) in [6.07, 6.45) is -7.48. The van der Waals surface area contributed by atoms with E-state index < -0.39 is 41.6 Å². The van der Waals surface area contributed by atoms with Gasteiger partial charge in [0.05, 0.1) is 34.8 Å². The number of nitrogens with zero attached hydrogens (tertiary/aromatic N) is 4. The van der Waals surface area contributed by atoms with Crippen molar-refractivity contribution in [3.05, 3.63) is 51.5 Å². The van der Waals surface area contributed by atoms with E-state index in [2.05, 4.69) is 4.98 Å². The van der Waals surface area contributed by atoms with Crippen molar-refractivity contribution in [1.82, 2.24) is 19.7 Å². The maximum atomic E-state index is 13.5. The molecule has 3 atom stereocenters. The van der Waals surface area contributed by atoms with Gasteiger partial charge in [0.2, 0.25) is 5.91 Å². The Morgan fingerprint density at radius 3 is 2.29 bits per heavy atom. The predicted octanol–water partition coefficient (Wildman–Crippen LogP) is 5.34. The summed E-state index contributed by atoms with van der Waals surface area (Å²) in [5.74, 6) is -0.0121. The van der Waals surface area contributed by atoms with Crippen LogP contribution in [-0.2, 0) is 17.1 Å². The van der Waals surface area contributed by atoms with Gasteiger partial charge in [-0.1, -0.05) is 0 Å². The second-order valence-corrected chi connectivity index (χ2v) is 9.56. The Hall–Kier alpha value is -2.83. The molecular weight excluding hydrogens is 498 g/mol. The van der Waals surface area contributed by atoms with Crippen LogP contribution in [0.15, 0.2) is 29.9 Å². The molecule has 2 fully saturated rings. The fraction of sp³-hybridized carbons (Fsp3) is 0.500. The summed E-state index contributed by atoms with van der Waals surface area (Å²) in [4.78, 5) is 35.0. The van der Waals surface area contributed by atoms with Gasteiger partial charge < -0.3 is 14.7 Å². The maximum absolute atomic E-state index is 13.5. The SMILES string of the molecule is C[C@H](c1cc(C(F)(F)F)cc(C(F)(F)F)c1)N(C)C(=O)N1CCN2C(=O)CC[C@H]2[C@@H]1c1cncs1. The van der Waals surface area contributed by atoms with Crippen LogP contribution in [0.3, 0.4) is 0 Å². The Morgan fingerprint density at radius 2 is 1.74 bits per heavy atom. The van der Waals surface area contributed by atoms with Crippen molar-refractivity contribution in [2.45, 2.75) is 50.2 Å². The summed E-state index contributed by atoms with van der Waals surface area (Å²) in [6, 6.07) is -1.08. The molecule has 35 heavy (non-hydrogen) atoms. The molecule has 0 saturated carbocycles. The first-order valence-corrected chi connectivity index (χ1v) is 11.7. The minimum atomic E-state index is -4.99. The molecule has 0 bridgehead atoms. The topological polar surface area (TPSA) is 56.8 Å². The van der Waals surface area contributed by atoms with Crippen LogP contribution in [-0.4, -0.2) is 57.8 Å². The molecule has 2 aromatic rings. The highest BCUT2D eigenvalue weighted by Gasteiger charge is 2.46. The smallest absolute Gasteiger partial charge is 0.335 e. The number of halogens is 6. The van der Waals surface area contributed by atoms with E-state index in [9.17, 15) is 35.9 Å². The number of carbonyl (C=O) groups excluding carboxylic acids is 2. The second-order valence-electron chi connectivity index (χ2n) is 8.64. The van der Waals surface area contributed by atoms with E-state index in [1.54, 1.807) is 16.6 Å². The van der Waals surface area contributed by atoms with Crippen molar-refractivity contribution < 1.29 is 35.9 Å². The molecule has 0 unspecified atom stereocenters. The van der Waals surface area contributed by atoms with E-state index in [4.69, 9.17) is 0 Å². The number of thiazole rings is 1. The summed E-state index contributed by atoms with van der Waals surface area (Å²) in [6.45, 7) is 1.86. The molecule has 190 valence electrons. The summed E-state index contributed by atoms with van der Waals surface area (Å²) in [5.41, 5.74) is -1.56. The first kappa shape index (κ1) is 25.3. The van der Waals surface area contributed by atoms with Gasteiger partial charge in [0.25, 0.3) is 0 Å². The highest BCUT2D eigenvalue weighted by atomic mass is 32.1. The van der Waals surface area contributed by atoms with E-state index in [0.29, 0.717) is 31.5 Å². The molecule has 3 heterocycles. The monoisotopic (exact) mass is 520 g/mol. The molecule has 4 rings (SSSR count). The summed E-state index contributed by atoms with van der Waals surface area (Å²) >= 11 is 1.32. The van der Waals surface area contributed by atoms with E-state index in [1.807, 2.05) is 0 Å². The number of benzene rings is 1. The maximum Gasteiger partial charge on any atom is 0.416 e. The number of aromatic nitrogens is 1. The fourth-order valence-electron chi connectivity index (χ4n) is 4.68. The van der Waals surface area contributed by atoms with Crippen molar-refractivity contribution in [2.75, 3.05) is 20.1 Å². The lowest BCUT2D eigenvalue weighted by Crippen LogP contribution is -2.57. The molecule has 1 aromatic carbocycles. The molecule has 2 saturated heterocycles. The van der Waals surface area contributed by atoms with Crippen LogP contribution >= 0.6 is 11.3 Å². The van der Waals surface area contributed by atoms with Gasteiger partial charge >= 0.3 is 18.4 Å². The molecule has 6 nitrogen and oxygen atoms in total. The van der Waals surface area contributed by atoms with Crippen molar-refractivity contribution >= 4 is 23.3 Å². The Labute approximate surface area is 201 Å². The lowest BCUT2D eigenvalue weighted by Gasteiger charge is -2.46. The second kappa shape index (κ2) is 8.99. The van der Waals surface area contributed by atoms with Crippen molar-refractivity contribution in [2.24, 2.45) is 0 Å². The van der Waals surface area contributed by atoms with Gasteiger partial charge in [0, 0.05) is 37.6 Å². The van der Waals surface area contributed by atoms with E-state index >= 15 is 0 Å². The number of hydrogen-bond donors (Lipinski definition) is 0.